The van der Waals surface area contributed by atoms with Crippen LogP contribution in [0, 0.1) is 27.7 Å². The van der Waals surface area contributed by atoms with Gasteiger partial charge < -0.3 is 0 Å². The zero-order valence-electron chi connectivity index (χ0n) is 10.0. The lowest BCUT2D eigenvalue weighted by Crippen LogP contribution is -1.69. The van der Waals surface area contributed by atoms with Gasteiger partial charge in [0.15, 0.2) is 0 Å². The lowest BCUT2D eigenvalue weighted by atomic mass is 10.2. The first-order valence-corrected chi connectivity index (χ1v) is 9.03. The van der Waals surface area contributed by atoms with Gasteiger partial charge in [-0.2, -0.15) is 0 Å². The fourth-order valence-electron chi connectivity index (χ4n) is 0.999. The van der Waals surface area contributed by atoms with Gasteiger partial charge in [0.1, 0.15) is 0 Å². The van der Waals surface area contributed by atoms with Gasteiger partial charge in [-0.1, -0.05) is 0 Å². The molecule has 0 radical (unpaired) electrons. The maximum absolute atomic E-state index is 3.46. The molecule has 0 aromatic carbocycles. The van der Waals surface area contributed by atoms with E-state index in [1.807, 2.05) is 0 Å². The normalized spacial score (nSPS) is 10.1. The average molecular weight is 461 g/mol. The van der Waals surface area contributed by atoms with Crippen molar-refractivity contribution in [3.05, 3.63) is 39.0 Å². The van der Waals surface area contributed by atoms with Crippen LogP contribution < -0.4 is 0 Å². The molecule has 94 valence electrons. The zero-order chi connectivity index (χ0) is 13.2. The fourth-order valence-corrected chi connectivity index (χ4v) is 5.37. The Bertz CT molecular complexity index is 470. The molecule has 0 aliphatic rings. The van der Waals surface area contributed by atoms with Crippen LogP contribution in [0.5, 0.6) is 0 Å². The van der Waals surface area contributed by atoms with E-state index in [0.29, 0.717) is 0 Å². The summed E-state index contributed by atoms with van der Waals surface area (Å²) in [5.41, 5.74) is 5.43. The lowest BCUT2D eigenvalue weighted by Gasteiger charge is -1.86. The summed E-state index contributed by atoms with van der Waals surface area (Å²) in [7, 11) is 0. The molecule has 0 saturated heterocycles. The van der Waals surface area contributed by atoms with Crippen molar-refractivity contribution in [3.8, 4) is 0 Å². The molecular formula is C12H13Br3S2. The number of aryl methyl sites for hydroxylation is 1. The van der Waals surface area contributed by atoms with E-state index in [1.54, 1.807) is 22.7 Å². The third-order valence-corrected chi connectivity index (χ3v) is 7.83. The van der Waals surface area contributed by atoms with Crippen molar-refractivity contribution in [1.82, 2.24) is 0 Å². The van der Waals surface area contributed by atoms with Gasteiger partial charge in [-0.15, -0.1) is 22.7 Å². The van der Waals surface area contributed by atoms with Crippen LogP contribution in [-0.4, -0.2) is 0 Å². The highest BCUT2D eigenvalue weighted by Crippen LogP contribution is 2.35. The second-order valence-electron chi connectivity index (χ2n) is 3.72. The number of rotatable bonds is 0. The maximum Gasteiger partial charge on any atom is 0.0742 e. The minimum Gasteiger partial charge on any atom is -0.136 e. The molecule has 2 heterocycles. The summed E-state index contributed by atoms with van der Waals surface area (Å²) in [6.07, 6.45) is 0. The number of halogens is 3. The Kier molecular flexibility index (Phi) is 6.40. The van der Waals surface area contributed by atoms with Crippen molar-refractivity contribution in [2.24, 2.45) is 0 Å². The van der Waals surface area contributed by atoms with Crippen molar-refractivity contribution in [2.45, 2.75) is 27.7 Å². The molecule has 0 nitrogen and oxygen atoms in total. The second-order valence-corrected chi connectivity index (χ2v) is 9.57. The smallest absolute Gasteiger partial charge is 0.0742 e. The van der Waals surface area contributed by atoms with Crippen molar-refractivity contribution in [1.29, 1.82) is 0 Å². The Labute approximate surface area is 136 Å². The van der Waals surface area contributed by atoms with Gasteiger partial charge in [-0.05, 0) is 103 Å². The largest absolute Gasteiger partial charge is 0.136 e. The Balaban J connectivity index is 0.000000171. The first kappa shape index (κ1) is 15.9. The highest BCUT2D eigenvalue weighted by Gasteiger charge is 2.05. The molecule has 2 aromatic rings. The van der Waals surface area contributed by atoms with Crippen LogP contribution in [-0.2, 0) is 0 Å². The molecule has 0 unspecified atom stereocenters. The number of thiophene rings is 2. The molecule has 2 rings (SSSR count). The molecule has 0 aliphatic heterocycles. The Morgan fingerprint density at radius 3 is 1.35 bits per heavy atom. The summed E-state index contributed by atoms with van der Waals surface area (Å²) in [5, 5.41) is 2.15. The fraction of sp³-hybridized carbons (Fsp3) is 0.333. The molecule has 0 fully saturated rings. The molecule has 5 heteroatoms. The highest BCUT2D eigenvalue weighted by atomic mass is 79.9. The van der Waals surface area contributed by atoms with Crippen LogP contribution in [0.1, 0.15) is 22.3 Å². The Hall–Kier alpha value is 0.840. The molecule has 2 aromatic heterocycles. The Morgan fingerprint density at radius 2 is 1.24 bits per heavy atom. The number of hydrogen-bond acceptors (Lipinski definition) is 2. The Morgan fingerprint density at radius 1 is 0.765 bits per heavy atom. The zero-order valence-corrected chi connectivity index (χ0v) is 16.4. The second kappa shape index (κ2) is 6.85. The monoisotopic (exact) mass is 458 g/mol. The third kappa shape index (κ3) is 4.16. The maximum atomic E-state index is 3.46. The van der Waals surface area contributed by atoms with Gasteiger partial charge >= 0.3 is 0 Å². The molecule has 0 spiro atoms. The predicted molar refractivity (Wildman–Crippen MR) is 90.7 cm³/mol. The van der Waals surface area contributed by atoms with E-state index in [9.17, 15) is 0 Å². The van der Waals surface area contributed by atoms with Gasteiger partial charge in [0.2, 0.25) is 0 Å². The van der Waals surface area contributed by atoms with Gasteiger partial charge in [-0.25, -0.2) is 0 Å². The molecule has 0 amide bonds. The van der Waals surface area contributed by atoms with Crippen LogP contribution >= 0.6 is 70.5 Å². The molecule has 0 N–H and O–H groups in total. The summed E-state index contributed by atoms with van der Waals surface area (Å²) < 4.78 is 3.72. The summed E-state index contributed by atoms with van der Waals surface area (Å²) in [6, 6.07) is 0. The minimum absolute atomic E-state index is 1.23. The molecular weight excluding hydrogens is 448 g/mol. The first-order valence-electron chi connectivity index (χ1n) is 4.95. The first-order chi connectivity index (χ1) is 7.84. The quantitative estimate of drug-likeness (QED) is 0.396. The van der Waals surface area contributed by atoms with Crippen LogP contribution in [0.2, 0.25) is 0 Å². The van der Waals surface area contributed by atoms with Gasteiger partial charge in [-0.3, -0.25) is 0 Å². The highest BCUT2D eigenvalue weighted by molar-refractivity contribution is 9.12. The molecule has 17 heavy (non-hydrogen) atoms. The third-order valence-electron chi connectivity index (χ3n) is 2.56. The van der Waals surface area contributed by atoms with Crippen molar-refractivity contribution in [3.63, 3.8) is 0 Å². The molecule has 0 bridgehead atoms. The van der Waals surface area contributed by atoms with Crippen LogP contribution in [0.25, 0.3) is 0 Å². The SMILES string of the molecule is Cc1c(Br)sc(Br)c1C.Cc1csc(Br)c1C. The summed E-state index contributed by atoms with van der Waals surface area (Å²) in [6.45, 7) is 8.47. The number of hydrogen-bond donors (Lipinski definition) is 0. The predicted octanol–water partition coefficient (Wildman–Crippen LogP) is 7.02. The van der Waals surface area contributed by atoms with Gasteiger partial charge in [0.25, 0.3) is 0 Å². The molecule has 0 atom stereocenters. The molecule has 0 aliphatic carbocycles. The van der Waals surface area contributed by atoms with E-state index in [1.165, 1.54) is 33.6 Å². The van der Waals surface area contributed by atoms with E-state index in [0.717, 1.165) is 0 Å². The van der Waals surface area contributed by atoms with Crippen LogP contribution in [0.4, 0.5) is 0 Å². The van der Waals surface area contributed by atoms with Crippen molar-refractivity contribution >= 4 is 70.5 Å². The topological polar surface area (TPSA) is 0 Å². The summed E-state index contributed by atoms with van der Waals surface area (Å²) in [4.78, 5) is 0. The van der Waals surface area contributed by atoms with Crippen molar-refractivity contribution in [2.75, 3.05) is 0 Å². The van der Waals surface area contributed by atoms with Crippen molar-refractivity contribution < 1.29 is 0 Å². The van der Waals surface area contributed by atoms with E-state index >= 15 is 0 Å². The van der Waals surface area contributed by atoms with E-state index in [-0.39, 0.29) is 0 Å². The lowest BCUT2D eigenvalue weighted by molar-refractivity contribution is 1.38. The van der Waals surface area contributed by atoms with Gasteiger partial charge in [0, 0.05) is 0 Å². The van der Waals surface area contributed by atoms with Gasteiger partial charge in [0.05, 0.1) is 11.4 Å². The van der Waals surface area contributed by atoms with Crippen LogP contribution in [0.15, 0.2) is 16.7 Å². The van der Waals surface area contributed by atoms with E-state index in [2.05, 4.69) is 80.9 Å². The molecule has 0 saturated carbocycles. The van der Waals surface area contributed by atoms with Crippen LogP contribution in [0.3, 0.4) is 0 Å². The minimum atomic E-state index is 1.23. The summed E-state index contributed by atoms with van der Waals surface area (Å²) >= 11 is 13.8. The van der Waals surface area contributed by atoms with E-state index < -0.39 is 0 Å². The van der Waals surface area contributed by atoms with E-state index in [4.69, 9.17) is 0 Å². The standard InChI is InChI=1S/C6H6Br2S.C6H7BrS/c1-3-4(2)6(8)9-5(3)7;1-4-3-8-6(7)5(4)2/h1-2H3;3H,1-2H3. The summed E-state index contributed by atoms with van der Waals surface area (Å²) in [5.74, 6) is 0. The average Bonchev–Trinajstić information content (AvgIpc) is 2.69.